The molecule has 0 aliphatic rings. The summed E-state index contributed by atoms with van der Waals surface area (Å²) in [6.45, 7) is 5.89. The van der Waals surface area contributed by atoms with Gasteiger partial charge in [-0.05, 0) is 55.8 Å². The lowest BCUT2D eigenvalue weighted by molar-refractivity contribution is 0.220. The Morgan fingerprint density at radius 3 is 2.48 bits per heavy atom. The summed E-state index contributed by atoms with van der Waals surface area (Å²) in [6, 6.07) is 13.6. The maximum absolute atomic E-state index is 14.3. The van der Waals surface area contributed by atoms with E-state index in [4.69, 9.17) is 14.0 Å². The van der Waals surface area contributed by atoms with Gasteiger partial charge in [0.15, 0.2) is 5.76 Å². The van der Waals surface area contributed by atoms with E-state index in [1.54, 1.807) is 6.07 Å². The lowest BCUT2D eigenvalue weighted by Gasteiger charge is -2.16. The summed E-state index contributed by atoms with van der Waals surface area (Å²) in [6.07, 6.45) is 0.620. The fourth-order valence-corrected chi connectivity index (χ4v) is 2.79. The topological polar surface area (TPSA) is 64.7 Å². The molecule has 1 aromatic heterocycles. The Balaban J connectivity index is 1.66. The molecule has 0 amide bonds. The van der Waals surface area contributed by atoms with Gasteiger partial charge in [-0.15, -0.1) is 0 Å². The minimum Gasteiger partial charge on any atom is -0.491 e. The van der Waals surface area contributed by atoms with Crippen LogP contribution < -0.4 is 9.47 Å². The number of benzene rings is 2. The number of aromatic hydroxyl groups is 1. The highest BCUT2D eigenvalue weighted by molar-refractivity contribution is 5.60. The average Bonchev–Trinajstić information content (AvgIpc) is 3.00. The average molecular weight is 371 g/mol. The van der Waals surface area contributed by atoms with Gasteiger partial charge in [0.05, 0.1) is 17.8 Å². The molecule has 0 radical (unpaired) electrons. The van der Waals surface area contributed by atoms with Crippen LogP contribution in [-0.4, -0.2) is 22.5 Å². The van der Waals surface area contributed by atoms with E-state index in [0.717, 1.165) is 11.3 Å². The quantitative estimate of drug-likeness (QED) is 0.634. The van der Waals surface area contributed by atoms with E-state index in [1.807, 2.05) is 45.0 Å². The standard InChI is InChI=1S/C21H22FNO4/c1-13(2)25-16-6-4-5-15(10-16)9-14(3)26-17-7-8-18(19(22)11-17)20-12-21(24)23-27-20/h4-8,10-14H,9H2,1-3H3,(H,23,24)/t14-/m1/s1. The van der Waals surface area contributed by atoms with Crippen LogP contribution in [0.4, 0.5) is 4.39 Å². The first-order valence-corrected chi connectivity index (χ1v) is 8.78. The van der Waals surface area contributed by atoms with Crippen LogP contribution in [0.3, 0.4) is 0 Å². The lowest BCUT2D eigenvalue weighted by Crippen LogP contribution is -2.15. The second kappa shape index (κ2) is 8.12. The molecule has 1 N–H and O–H groups in total. The van der Waals surface area contributed by atoms with Crippen molar-refractivity contribution >= 4 is 0 Å². The molecule has 5 nitrogen and oxygen atoms in total. The van der Waals surface area contributed by atoms with Gasteiger partial charge in [-0.1, -0.05) is 12.1 Å². The highest BCUT2D eigenvalue weighted by atomic mass is 19.1. The Morgan fingerprint density at radius 2 is 1.81 bits per heavy atom. The minimum atomic E-state index is -0.511. The van der Waals surface area contributed by atoms with Gasteiger partial charge in [0.25, 0.3) is 5.88 Å². The molecule has 0 unspecified atom stereocenters. The molecule has 1 heterocycles. The number of rotatable bonds is 7. The molecule has 0 saturated heterocycles. The smallest absolute Gasteiger partial charge is 0.252 e. The maximum atomic E-state index is 14.3. The van der Waals surface area contributed by atoms with Crippen LogP contribution in [0.15, 0.2) is 53.1 Å². The molecule has 0 aliphatic heterocycles. The highest BCUT2D eigenvalue weighted by Gasteiger charge is 2.14. The van der Waals surface area contributed by atoms with Crippen molar-refractivity contribution in [3.8, 4) is 28.7 Å². The Labute approximate surface area is 157 Å². The molecule has 3 aromatic rings. The first kappa shape index (κ1) is 18.8. The van der Waals surface area contributed by atoms with E-state index in [1.165, 1.54) is 18.2 Å². The van der Waals surface area contributed by atoms with Crippen LogP contribution in [-0.2, 0) is 6.42 Å². The SMILES string of the molecule is CC(C)Oc1cccc(C[C@@H](C)Oc2ccc(-c3cc(O)no3)c(F)c2)c1. The van der Waals surface area contributed by atoms with E-state index in [2.05, 4.69) is 5.16 Å². The second-order valence-electron chi connectivity index (χ2n) is 6.64. The predicted molar refractivity (Wildman–Crippen MR) is 99.6 cm³/mol. The van der Waals surface area contributed by atoms with Gasteiger partial charge in [-0.2, -0.15) is 0 Å². The normalized spacial score (nSPS) is 12.2. The van der Waals surface area contributed by atoms with Gasteiger partial charge in [-0.3, -0.25) is 0 Å². The third kappa shape index (κ3) is 5.00. The summed E-state index contributed by atoms with van der Waals surface area (Å²) in [5.74, 6) is 0.597. The fourth-order valence-electron chi connectivity index (χ4n) is 2.79. The highest BCUT2D eigenvalue weighted by Crippen LogP contribution is 2.29. The van der Waals surface area contributed by atoms with Gasteiger partial charge in [-0.25, -0.2) is 4.39 Å². The molecule has 0 spiro atoms. The molecule has 0 aliphatic carbocycles. The molecule has 6 heteroatoms. The van der Waals surface area contributed by atoms with Crippen molar-refractivity contribution in [3.05, 3.63) is 59.9 Å². The summed E-state index contributed by atoms with van der Waals surface area (Å²) >= 11 is 0. The van der Waals surface area contributed by atoms with Crippen molar-refractivity contribution in [2.24, 2.45) is 0 Å². The fraction of sp³-hybridized carbons (Fsp3) is 0.286. The van der Waals surface area contributed by atoms with E-state index >= 15 is 0 Å². The van der Waals surface area contributed by atoms with E-state index in [-0.39, 0.29) is 29.4 Å². The Hall–Kier alpha value is -3.02. The summed E-state index contributed by atoms with van der Waals surface area (Å²) in [7, 11) is 0. The first-order chi connectivity index (χ1) is 12.9. The number of halogens is 1. The van der Waals surface area contributed by atoms with Crippen molar-refractivity contribution in [3.63, 3.8) is 0 Å². The van der Waals surface area contributed by atoms with Gasteiger partial charge < -0.3 is 19.1 Å². The molecule has 0 saturated carbocycles. The Kier molecular flexibility index (Phi) is 5.64. The zero-order valence-corrected chi connectivity index (χ0v) is 15.5. The van der Waals surface area contributed by atoms with E-state index < -0.39 is 5.82 Å². The first-order valence-electron chi connectivity index (χ1n) is 8.78. The van der Waals surface area contributed by atoms with Crippen molar-refractivity contribution in [1.29, 1.82) is 0 Å². The Morgan fingerprint density at radius 1 is 1.04 bits per heavy atom. The van der Waals surface area contributed by atoms with Crippen LogP contribution in [0, 0.1) is 5.82 Å². The third-order valence-electron chi connectivity index (χ3n) is 3.83. The van der Waals surface area contributed by atoms with Crippen LogP contribution in [0.25, 0.3) is 11.3 Å². The van der Waals surface area contributed by atoms with Crippen molar-refractivity contribution in [2.75, 3.05) is 0 Å². The van der Waals surface area contributed by atoms with Gasteiger partial charge >= 0.3 is 0 Å². The number of aromatic nitrogens is 1. The third-order valence-corrected chi connectivity index (χ3v) is 3.83. The second-order valence-corrected chi connectivity index (χ2v) is 6.64. The van der Waals surface area contributed by atoms with Crippen LogP contribution in [0.5, 0.6) is 17.4 Å². The van der Waals surface area contributed by atoms with Crippen LogP contribution in [0.2, 0.25) is 0 Å². The van der Waals surface area contributed by atoms with Gasteiger partial charge in [0.2, 0.25) is 0 Å². The lowest BCUT2D eigenvalue weighted by atomic mass is 10.1. The summed E-state index contributed by atoms with van der Waals surface area (Å²) in [4.78, 5) is 0. The molecule has 1 atom stereocenters. The van der Waals surface area contributed by atoms with Crippen molar-refractivity contribution < 1.29 is 23.5 Å². The molecule has 27 heavy (non-hydrogen) atoms. The zero-order chi connectivity index (χ0) is 19.4. The predicted octanol–water partition coefficient (Wildman–Crippen LogP) is 4.98. The minimum absolute atomic E-state index is 0.113. The maximum Gasteiger partial charge on any atom is 0.252 e. The monoisotopic (exact) mass is 371 g/mol. The summed E-state index contributed by atoms with van der Waals surface area (Å²) in [5, 5.41) is 12.6. The number of ether oxygens (including phenoxy) is 2. The number of nitrogens with zero attached hydrogens (tertiary/aromatic N) is 1. The summed E-state index contributed by atoms with van der Waals surface area (Å²) < 4.78 is 30.8. The van der Waals surface area contributed by atoms with Crippen molar-refractivity contribution in [1.82, 2.24) is 5.16 Å². The van der Waals surface area contributed by atoms with E-state index in [9.17, 15) is 9.50 Å². The van der Waals surface area contributed by atoms with Crippen LogP contribution in [0.1, 0.15) is 26.3 Å². The van der Waals surface area contributed by atoms with Crippen molar-refractivity contribution in [2.45, 2.75) is 39.4 Å². The number of hydrogen-bond donors (Lipinski definition) is 1. The molecule has 0 bridgehead atoms. The molecular formula is C21H22FNO4. The zero-order valence-electron chi connectivity index (χ0n) is 15.5. The largest absolute Gasteiger partial charge is 0.491 e. The van der Waals surface area contributed by atoms with E-state index in [0.29, 0.717) is 12.2 Å². The van der Waals surface area contributed by atoms with Crippen LogP contribution >= 0.6 is 0 Å². The Bertz CT molecular complexity index is 907. The summed E-state index contributed by atoms with van der Waals surface area (Å²) in [5.41, 5.74) is 1.29. The number of hydrogen-bond acceptors (Lipinski definition) is 5. The molecule has 3 rings (SSSR count). The van der Waals surface area contributed by atoms with Gasteiger partial charge in [0, 0.05) is 18.6 Å². The molecule has 2 aromatic carbocycles. The molecule has 0 fully saturated rings. The molecular weight excluding hydrogens is 349 g/mol. The van der Waals surface area contributed by atoms with Gasteiger partial charge in [0.1, 0.15) is 17.3 Å². The molecule has 142 valence electrons.